The monoisotopic (exact) mass is 314 g/mol. The summed E-state index contributed by atoms with van der Waals surface area (Å²) in [5, 5.41) is 0. The highest BCUT2D eigenvalue weighted by Gasteiger charge is 2.41. The lowest BCUT2D eigenvalue weighted by molar-refractivity contribution is -0.149. The maximum Gasteiger partial charge on any atom is 0.316 e. The van der Waals surface area contributed by atoms with Crippen molar-refractivity contribution in [2.24, 2.45) is 5.92 Å². The molecule has 2 atom stereocenters. The van der Waals surface area contributed by atoms with E-state index in [9.17, 15) is 9.59 Å². The Morgan fingerprint density at radius 3 is 2.43 bits per heavy atom. The Kier molecular flexibility index (Phi) is 4.51. The van der Waals surface area contributed by atoms with E-state index >= 15 is 0 Å². The van der Waals surface area contributed by atoms with E-state index < -0.39 is 11.9 Å². The Hall–Kier alpha value is -2.10. The molecule has 2 aliphatic carbocycles. The van der Waals surface area contributed by atoms with E-state index in [4.69, 9.17) is 9.47 Å². The Bertz CT molecular complexity index is 642. The van der Waals surface area contributed by atoms with Crippen molar-refractivity contribution in [3.05, 3.63) is 41.0 Å². The number of hydrogen-bond acceptors (Lipinski definition) is 4. The molecule has 0 bridgehead atoms. The summed E-state index contributed by atoms with van der Waals surface area (Å²) in [6.07, 6.45) is 4.38. The number of ether oxygens (including phenoxy) is 2. The van der Waals surface area contributed by atoms with Crippen molar-refractivity contribution in [1.29, 1.82) is 0 Å². The van der Waals surface area contributed by atoms with Crippen LogP contribution in [0.2, 0.25) is 0 Å². The van der Waals surface area contributed by atoms with Gasteiger partial charge in [-0.25, -0.2) is 0 Å². The first-order valence-corrected chi connectivity index (χ1v) is 8.13. The van der Waals surface area contributed by atoms with Gasteiger partial charge in [-0.2, -0.15) is 0 Å². The zero-order chi connectivity index (χ0) is 16.4. The van der Waals surface area contributed by atoms with Crippen molar-refractivity contribution >= 4 is 11.8 Å². The number of rotatable bonds is 3. The second-order valence-electron chi connectivity index (χ2n) is 6.21. The van der Waals surface area contributed by atoms with Crippen LogP contribution >= 0.6 is 0 Å². The van der Waals surface area contributed by atoms with E-state index in [0.717, 1.165) is 42.6 Å². The minimum atomic E-state index is -0.663. The molecule has 122 valence electrons. The molecule has 4 heteroatoms. The summed E-state index contributed by atoms with van der Waals surface area (Å²) in [7, 11) is 2.99. The van der Waals surface area contributed by atoms with Gasteiger partial charge in [0.2, 0.25) is 0 Å². The zero-order valence-corrected chi connectivity index (χ0v) is 13.6. The van der Waals surface area contributed by atoms with Crippen LogP contribution in [0.25, 0.3) is 0 Å². The third-order valence-corrected chi connectivity index (χ3v) is 5.02. The van der Waals surface area contributed by atoms with Crippen LogP contribution < -0.4 is 4.74 Å². The molecule has 2 unspecified atom stereocenters. The van der Waals surface area contributed by atoms with Gasteiger partial charge in [0.1, 0.15) is 11.7 Å². The number of carbonyl (C=O) groups excluding carboxylic acids is 2. The Labute approximate surface area is 136 Å². The van der Waals surface area contributed by atoms with Crippen LogP contribution in [-0.2, 0) is 14.3 Å². The van der Waals surface area contributed by atoms with Crippen molar-refractivity contribution in [2.75, 3.05) is 14.2 Å². The standard InChI is InChI=1S/C19H22O4/c1-22-13-9-7-12(8-10-13)16-11-17(19(21)23-2)18(20)15-6-4-3-5-14(15)16/h7-10,16-17H,3-6,11H2,1-2H3. The van der Waals surface area contributed by atoms with Crippen LogP contribution in [0.15, 0.2) is 35.4 Å². The minimum Gasteiger partial charge on any atom is -0.497 e. The average Bonchev–Trinajstić information content (AvgIpc) is 2.62. The first kappa shape index (κ1) is 15.8. The number of benzene rings is 1. The molecular formula is C19H22O4. The number of ketones is 1. The van der Waals surface area contributed by atoms with E-state index in [-0.39, 0.29) is 11.7 Å². The highest BCUT2D eigenvalue weighted by atomic mass is 16.5. The molecule has 0 amide bonds. The van der Waals surface area contributed by atoms with Gasteiger partial charge in [0, 0.05) is 5.92 Å². The van der Waals surface area contributed by atoms with Gasteiger partial charge in [0.25, 0.3) is 0 Å². The summed E-state index contributed by atoms with van der Waals surface area (Å²) < 4.78 is 10.1. The molecule has 0 spiro atoms. The molecule has 0 radical (unpaired) electrons. The van der Waals surface area contributed by atoms with Crippen LogP contribution in [0.5, 0.6) is 5.75 Å². The van der Waals surface area contributed by atoms with Crippen LogP contribution in [0, 0.1) is 5.92 Å². The van der Waals surface area contributed by atoms with Gasteiger partial charge in [-0.15, -0.1) is 0 Å². The van der Waals surface area contributed by atoms with Crippen LogP contribution in [0.3, 0.4) is 0 Å². The Morgan fingerprint density at radius 2 is 1.78 bits per heavy atom. The Morgan fingerprint density at radius 1 is 1.09 bits per heavy atom. The molecule has 0 N–H and O–H groups in total. The molecule has 0 aliphatic heterocycles. The van der Waals surface area contributed by atoms with Gasteiger partial charge < -0.3 is 9.47 Å². The summed E-state index contributed by atoms with van der Waals surface area (Å²) in [6.45, 7) is 0. The second-order valence-corrected chi connectivity index (χ2v) is 6.21. The lowest BCUT2D eigenvalue weighted by Crippen LogP contribution is -2.34. The molecule has 0 fully saturated rings. The van der Waals surface area contributed by atoms with Crippen LogP contribution in [0.4, 0.5) is 0 Å². The minimum absolute atomic E-state index is 0.0173. The van der Waals surface area contributed by atoms with Crippen molar-refractivity contribution in [3.63, 3.8) is 0 Å². The maximum absolute atomic E-state index is 12.7. The molecule has 23 heavy (non-hydrogen) atoms. The van der Waals surface area contributed by atoms with Gasteiger partial charge in [-0.3, -0.25) is 9.59 Å². The average molecular weight is 314 g/mol. The number of esters is 1. The van der Waals surface area contributed by atoms with Gasteiger partial charge in [0.05, 0.1) is 14.2 Å². The van der Waals surface area contributed by atoms with Crippen molar-refractivity contribution in [2.45, 2.75) is 38.0 Å². The lowest BCUT2D eigenvalue weighted by Gasteiger charge is -2.34. The molecule has 1 aromatic rings. The predicted octanol–water partition coefficient (Wildman–Crippen LogP) is 3.41. The second kappa shape index (κ2) is 6.57. The quantitative estimate of drug-likeness (QED) is 0.634. The third kappa shape index (κ3) is 2.90. The molecule has 4 nitrogen and oxygen atoms in total. The predicted molar refractivity (Wildman–Crippen MR) is 86.4 cm³/mol. The fourth-order valence-corrected chi connectivity index (χ4v) is 3.81. The van der Waals surface area contributed by atoms with Crippen LogP contribution in [0.1, 0.15) is 43.6 Å². The summed E-state index contributed by atoms with van der Waals surface area (Å²) in [5.41, 5.74) is 3.24. The van der Waals surface area contributed by atoms with Gasteiger partial charge >= 0.3 is 5.97 Å². The summed E-state index contributed by atoms with van der Waals surface area (Å²) in [4.78, 5) is 24.7. The van der Waals surface area contributed by atoms with E-state index in [1.165, 1.54) is 12.7 Å². The lowest BCUT2D eigenvalue weighted by atomic mass is 9.69. The largest absolute Gasteiger partial charge is 0.497 e. The summed E-state index contributed by atoms with van der Waals surface area (Å²) in [6, 6.07) is 7.93. The molecule has 2 aliphatic rings. The number of carbonyl (C=O) groups is 2. The first-order chi connectivity index (χ1) is 11.2. The molecule has 1 aromatic carbocycles. The molecule has 0 saturated carbocycles. The topological polar surface area (TPSA) is 52.6 Å². The van der Waals surface area contributed by atoms with E-state index in [1.54, 1.807) is 7.11 Å². The summed E-state index contributed by atoms with van der Waals surface area (Å²) >= 11 is 0. The van der Waals surface area contributed by atoms with Gasteiger partial charge in [0.15, 0.2) is 5.78 Å². The van der Waals surface area contributed by atoms with Crippen molar-refractivity contribution in [1.82, 2.24) is 0 Å². The van der Waals surface area contributed by atoms with Crippen molar-refractivity contribution < 1.29 is 19.1 Å². The van der Waals surface area contributed by atoms with Crippen LogP contribution in [-0.4, -0.2) is 26.0 Å². The number of allylic oxidation sites excluding steroid dienone is 2. The number of methoxy groups -OCH3 is 2. The number of hydrogen-bond donors (Lipinski definition) is 0. The third-order valence-electron chi connectivity index (χ3n) is 5.02. The molecule has 3 rings (SSSR count). The number of Topliss-reactive ketones (excluding diaryl/α,β-unsaturated/α-hetero) is 1. The van der Waals surface area contributed by atoms with E-state index in [0.29, 0.717) is 6.42 Å². The van der Waals surface area contributed by atoms with E-state index in [1.807, 2.05) is 24.3 Å². The highest BCUT2D eigenvalue weighted by Crippen LogP contribution is 2.45. The van der Waals surface area contributed by atoms with E-state index in [2.05, 4.69) is 0 Å². The molecule has 0 aromatic heterocycles. The molecule has 0 saturated heterocycles. The Balaban J connectivity index is 2.00. The fraction of sp³-hybridized carbons (Fsp3) is 0.474. The zero-order valence-electron chi connectivity index (χ0n) is 13.6. The normalized spacial score (nSPS) is 24.2. The highest BCUT2D eigenvalue weighted by molar-refractivity contribution is 6.09. The summed E-state index contributed by atoms with van der Waals surface area (Å²) in [5.74, 6) is -0.160. The SMILES string of the molecule is COC(=O)C1CC(c2ccc(OC)cc2)C2=C(CCCC2)C1=O. The fourth-order valence-electron chi connectivity index (χ4n) is 3.81. The smallest absolute Gasteiger partial charge is 0.316 e. The first-order valence-electron chi connectivity index (χ1n) is 8.13. The molecule has 0 heterocycles. The maximum atomic E-state index is 12.7. The van der Waals surface area contributed by atoms with Gasteiger partial charge in [-0.1, -0.05) is 17.7 Å². The van der Waals surface area contributed by atoms with Gasteiger partial charge in [-0.05, 0) is 55.4 Å². The van der Waals surface area contributed by atoms with Crippen molar-refractivity contribution in [3.8, 4) is 5.75 Å². The molecular weight excluding hydrogens is 292 g/mol.